The highest BCUT2D eigenvalue weighted by molar-refractivity contribution is 8.00. The summed E-state index contributed by atoms with van der Waals surface area (Å²) in [5.41, 5.74) is 10.4. The number of phenols is 2. The first-order valence-electron chi connectivity index (χ1n) is 43.8. The van der Waals surface area contributed by atoms with Gasteiger partial charge in [-0.3, -0.25) is 76.7 Å². The van der Waals surface area contributed by atoms with Crippen LogP contribution < -0.4 is 53.6 Å². The third kappa shape index (κ3) is 30.6. The van der Waals surface area contributed by atoms with E-state index in [9.17, 15) is 48.9 Å². The number of aromatic hydroxyl groups is 2. The fraction of sp³-hybridized carbons (Fsp3) is 0.381. The number of aliphatic carboxylic acids is 1. The Morgan fingerprint density at radius 1 is 0.444 bits per heavy atom. The molecule has 0 saturated carbocycles. The van der Waals surface area contributed by atoms with Gasteiger partial charge in [-0.25, -0.2) is 0 Å². The number of nitrogens with two attached hydrogens (primary N) is 1. The maximum absolute atomic E-state index is 15.6. The molecule has 1 aliphatic heterocycles. The topological polar surface area (TPSA) is 500 Å². The summed E-state index contributed by atoms with van der Waals surface area (Å²) in [5, 5.41) is 55.8. The Balaban J connectivity index is 1.13. The molecule has 0 radical (unpaired) electrons. The average Bonchev–Trinajstić information content (AvgIpc) is 1.77. The maximum Gasteiger partial charge on any atom is 0.305 e. The van der Waals surface area contributed by atoms with Gasteiger partial charge in [0, 0.05) is 103 Å². The van der Waals surface area contributed by atoms with Crippen molar-refractivity contribution < 1.29 is 92.0 Å². The second kappa shape index (κ2) is 49.5. The first-order valence-corrected chi connectivity index (χ1v) is 44.9. The van der Waals surface area contributed by atoms with E-state index >= 15 is 43.2 Å². The van der Waals surface area contributed by atoms with Gasteiger partial charge in [-0.2, -0.15) is 0 Å². The van der Waals surface area contributed by atoms with Crippen molar-refractivity contribution in [3.63, 3.8) is 0 Å². The second-order valence-electron chi connectivity index (χ2n) is 33.6. The number of nitrogens with zero attached hydrogens (tertiary/aromatic N) is 5. The molecule has 706 valence electrons. The molecule has 7 aromatic carbocycles. The number of aromatic amines is 1. The number of hydrogen-bond acceptors (Lipinski definition) is 19. The SMILES string of the molecule is CCCCC1C(=O)N(C)CC(=O)NC(CC(=O)O)C(=O)NC(C(C)C)C(=O)N(C)C(Cc2ccccc2)C(=O)NC(Cc2ccc(O)cc2)C(=O)N(C)CC(=O)NC(Cc2c[nH]c3ccccc23)C(=O)NC(Cc2ccc(O)cc2)C(=O)NC(Cc2ccc(C)cc2)C(=O)NC(C(=O)NCC(N)=O)CSCC(=O)NC(Cc2ccccc2)C(=O)N(C)C(Cc2ccccc2)C(=O)N1C. The molecule has 2 heterocycles. The number of hydrogen-bond donors (Lipinski definition) is 14. The lowest BCUT2D eigenvalue weighted by Crippen LogP contribution is -2.61. The van der Waals surface area contributed by atoms with E-state index in [2.05, 4.69) is 52.8 Å². The Labute approximate surface area is 775 Å². The van der Waals surface area contributed by atoms with Crippen LogP contribution in [0.5, 0.6) is 11.5 Å². The summed E-state index contributed by atoms with van der Waals surface area (Å²) in [6.07, 6.45) is -0.154. The summed E-state index contributed by atoms with van der Waals surface area (Å²) in [7, 11) is 6.53. The zero-order chi connectivity index (χ0) is 96.7. The van der Waals surface area contributed by atoms with E-state index in [1.54, 1.807) is 160 Å². The normalized spacial score (nSPS) is 21.5. The van der Waals surface area contributed by atoms with Crippen LogP contribution in [0.15, 0.2) is 194 Å². The molecular formula is C97H118N16O19S. The maximum atomic E-state index is 15.6. The van der Waals surface area contributed by atoms with Crippen molar-refractivity contribution in [1.29, 1.82) is 0 Å². The molecule has 36 heteroatoms. The molecule has 133 heavy (non-hydrogen) atoms. The number of carboxylic acid groups (broad SMARTS) is 1. The Kier molecular flexibility index (Phi) is 38.1. The number of phenolic OH excluding ortho intramolecular Hbond substituents is 2. The first-order chi connectivity index (χ1) is 63.4. The number of fused-ring (bicyclic) bond motifs is 1. The predicted octanol–water partition coefficient (Wildman–Crippen LogP) is 2.83. The molecule has 1 fully saturated rings. The van der Waals surface area contributed by atoms with Crippen molar-refractivity contribution in [3.05, 3.63) is 239 Å². The van der Waals surface area contributed by atoms with E-state index in [1.807, 2.05) is 13.8 Å². The van der Waals surface area contributed by atoms with Crippen molar-refractivity contribution in [1.82, 2.24) is 77.3 Å². The number of aromatic nitrogens is 1. The van der Waals surface area contributed by atoms with E-state index in [1.165, 1.54) is 93.6 Å². The summed E-state index contributed by atoms with van der Waals surface area (Å²) in [4.78, 5) is 245. The number of carboxylic acids is 1. The lowest BCUT2D eigenvalue weighted by Gasteiger charge is -2.37. The highest BCUT2D eigenvalue weighted by Crippen LogP contribution is 2.25. The fourth-order valence-corrected chi connectivity index (χ4v) is 16.3. The van der Waals surface area contributed by atoms with E-state index in [-0.39, 0.29) is 62.9 Å². The van der Waals surface area contributed by atoms with Crippen LogP contribution in [0.3, 0.4) is 0 Å². The summed E-state index contributed by atoms with van der Waals surface area (Å²) in [6.45, 7) is 4.47. The molecule has 15 amide bonds. The highest BCUT2D eigenvalue weighted by atomic mass is 32.2. The fourth-order valence-electron chi connectivity index (χ4n) is 15.4. The first kappa shape index (κ1) is 102. The van der Waals surface area contributed by atoms with Crippen molar-refractivity contribution >= 4 is 117 Å². The third-order valence-corrected chi connectivity index (χ3v) is 24.0. The van der Waals surface area contributed by atoms with Gasteiger partial charge >= 0.3 is 5.97 Å². The van der Waals surface area contributed by atoms with Crippen LogP contribution in [0.1, 0.15) is 91.0 Å². The molecular weight excluding hydrogens is 1730 g/mol. The van der Waals surface area contributed by atoms with Gasteiger partial charge in [-0.15, -0.1) is 11.8 Å². The van der Waals surface area contributed by atoms with Crippen LogP contribution in [0.25, 0.3) is 10.9 Å². The number of primary amides is 1. The molecule has 0 aliphatic carbocycles. The van der Waals surface area contributed by atoms with Gasteiger partial charge in [0.2, 0.25) is 88.6 Å². The van der Waals surface area contributed by atoms with Gasteiger partial charge in [0.25, 0.3) is 0 Å². The number of likely N-dealkylation sites (N-methyl/N-ethyl adjacent to an activating group) is 5. The van der Waals surface area contributed by atoms with Crippen molar-refractivity contribution in [2.45, 2.75) is 165 Å². The number of benzene rings is 7. The minimum absolute atomic E-state index is 0.0254. The van der Waals surface area contributed by atoms with Crippen LogP contribution in [0.2, 0.25) is 0 Å². The lowest BCUT2D eigenvalue weighted by molar-refractivity contribution is -0.151. The molecule has 8 aromatic rings. The van der Waals surface area contributed by atoms with Gasteiger partial charge in [0.1, 0.15) is 78.0 Å². The Hall–Kier alpha value is -14.5. The third-order valence-electron chi connectivity index (χ3n) is 22.9. The Bertz CT molecular complexity index is 5400. The highest BCUT2D eigenvalue weighted by Gasteiger charge is 2.42. The number of carbonyl (C=O) groups excluding carboxylic acids is 15. The molecule has 0 bridgehead atoms. The van der Waals surface area contributed by atoms with Crippen LogP contribution in [-0.2, 0) is 122 Å². The largest absolute Gasteiger partial charge is 0.508 e. The number of H-pyrrole nitrogens is 1. The predicted molar refractivity (Wildman–Crippen MR) is 497 cm³/mol. The van der Waals surface area contributed by atoms with E-state index in [4.69, 9.17) is 5.73 Å². The standard InChI is InChI=1S/C97H118N16O19S/c1-10-11-31-78-95(130)110(6)55-83(118)102-74(51-85(120)121)91(126)108-86(58(2)3)97(132)112(8)79(48-61-25-17-13-18-26-61)92(127)106-75(47-65-38-42-68(115)43-39-65)93(128)109(5)54-82(117)101-73(50-66-52-99-70-30-22-21-29-69(66)70)90(125)105-71(45-64-36-40-67(114)41-37-64)88(123)104-72(44-63-34-32-59(4)33-35-63)89(124)107-77(87(122)100-53-81(98)116)56-133-57-84(119)103-76(46-60-23-15-12-16-24-60)94(129)113(9)80(96(131)111(78)7)49-62-27-19-14-20-28-62/h12-30,32-43,52,58,71-80,86,99,114-115H,10-11,31,44-51,53-57H2,1-9H3,(H2,98,116)(H,100,122)(H,101,117)(H,102,118)(H,103,119)(H,104,123)(H,105,125)(H,106,127)(H,107,124)(H,108,126)(H,120,121). The zero-order valence-electron chi connectivity index (χ0n) is 75.8. The Morgan fingerprint density at radius 3 is 1.38 bits per heavy atom. The van der Waals surface area contributed by atoms with E-state index in [0.717, 1.165) is 32.0 Å². The van der Waals surface area contributed by atoms with Crippen molar-refractivity contribution in [3.8, 4) is 11.5 Å². The second-order valence-corrected chi connectivity index (χ2v) is 34.7. The van der Waals surface area contributed by atoms with Gasteiger partial charge in [0.15, 0.2) is 0 Å². The van der Waals surface area contributed by atoms with Gasteiger partial charge in [-0.1, -0.05) is 197 Å². The van der Waals surface area contributed by atoms with E-state index in [0.29, 0.717) is 62.7 Å². The number of nitrogens with one attached hydrogen (secondary N) is 10. The molecule has 15 N–H and O–H groups in total. The van der Waals surface area contributed by atoms with Crippen LogP contribution in [0.4, 0.5) is 0 Å². The molecule has 1 aliphatic rings. The number of thioether (sulfide) groups is 1. The van der Waals surface area contributed by atoms with Gasteiger partial charge in [-0.05, 0) is 88.5 Å². The van der Waals surface area contributed by atoms with Crippen molar-refractivity contribution in [2.24, 2.45) is 11.7 Å². The number of carbonyl (C=O) groups is 16. The summed E-state index contributed by atoms with van der Waals surface area (Å²) >= 11 is 0.821. The molecule has 11 atom stereocenters. The van der Waals surface area contributed by atoms with Gasteiger partial charge < -0.3 is 98.4 Å². The molecule has 11 unspecified atom stereocenters. The van der Waals surface area contributed by atoms with Crippen molar-refractivity contribution in [2.75, 3.05) is 66.4 Å². The molecule has 0 spiro atoms. The smallest absolute Gasteiger partial charge is 0.305 e. The quantitative estimate of drug-likeness (QED) is 0.0438. The minimum atomic E-state index is -1.91. The number of unbranched alkanes of at least 4 members (excludes halogenated alkanes) is 1. The van der Waals surface area contributed by atoms with Crippen LogP contribution in [0, 0.1) is 12.8 Å². The molecule has 1 aromatic heterocycles. The lowest BCUT2D eigenvalue weighted by atomic mass is 9.98. The minimum Gasteiger partial charge on any atom is -0.508 e. The zero-order valence-corrected chi connectivity index (χ0v) is 76.6. The monoisotopic (exact) mass is 1840 g/mol. The molecule has 1 saturated heterocycles. The van der Waals surface area contributed by atoms with Crippen LogP contribution >= 0.6 is 11.8 Å². The van der Waals surface area contributed by atoms with Crippen LogP contribution in [-0.4, -0.2) is 272 Å². The number of aryl methyl sites for hydroxylation is 1. The number of para-hydroxylation sites is 1. The van der Waals surface area contributed by atoms with Gasteiger partial charge in [0.05, 0.1) is 31.8 Å². The number of amides is 15. The average molecular weight is 1840 g/mol. The summed E-state index contributed by atoms with van der Waals surface area (Å²) in [5.74, 6) is -17.3. The number of rotatable bonds is 23. The van der Waals surface area contributed by atoms with E-state index < -0.39 is 205 Å². The summed E-state index contributed by atoms with van der Waals surface area (Å²) in [6, 6.07) is 33.9. The molecule has 9 rings (SSSR count). The Morgan fingerprint density at radius 2 is 0.865 bits per heavy atom. The molecule has 35 nitrogen and oxygen atoms in total. The summed E-state index contributed by atoms with van der Waals surface area (Å²) < 4.78 is 0.